The molecule has 0 saturated carbocycles. The quantitative estimate of drug-likeness (QED) is 0.205. The second-order valence-electron chi connectivity index (χ2n) is 11.4. The van der Waals surface area contributed by atoms with Gasteiger partial charge in [0.05, 0.1) is 22.1 Å². The van der Waals surface area contributed by atoms with Gasteiger partial charge in [0.25, 0.3) is 0 Å². The molecule has 1 N–H and O–H groups in total. The maximum absolute atomic E-state index is 14.6. The molecule has 2 aromatic rings. The zero-order valence-electron chi connectivity index (χ0n) is 23.6. The molecule has 1 spiro atoms. The number of carbonyl (C=O) groups excluding carboxylic acids is 3. The molecule has 3 fully saturated rings. The van der Waals surface area contributed by atoms with E-state index < -0.39 is 33.3 Å². The third-order valence-electron chi connectivity index (χ3n) is 8.80. The molecular weight excluding hydrogens is 542 g/mol. The number of para-hydroxylation sites is 1. The molecule has 10 nitrogen and oxygen atoms in total. The van der Waals surface area contributed by atoms with Crippen molar-refractivity contribution in [1.82, 2.24) is 24.8 Å². The molecule has 2 unspecified atom stereocenters. The van der Waals surface area contributed by atoms with Crippen LogP contribution in [0.15, 0.2) is 49.6 Å². The number of hydrogen-bond acceptors (Lipinski definition) is 8. The number of esters is 1. The van der Waals surface area contributed by atoms with E-state index >= 15 is 0 Å². The summed E-state index contributed by atoms with van der Waals surface area (Å²) in [5, 5.41) is 17.7. The number of fused-ring (bicyclic) bond motifs is 2. The van der Waals surface area contributed by atoms with Crippen LogP contribution in [0.2, 0.25) is 0 Å². The van der Waals surface area contributed by atoms with E-state index in [0.717, 1.165) is 30.3 Å². The number of hydrogen-bond donors (Lipinski definition) is 1. The van der Waals surface area contributed by atoms with Crippen LogP contribution in [-0.2, 0) is 25.8 Å². The summed E-state index contributed by atoms with van der Waals surface area (Å²) in [6.07, 6.45) is 7.68. The van der Waals surface area contributed by atoms with Crippen molar-refractivity contribution in [3.05, 3.63) is 49.6 Å². The van der Waals surface area contributed by atoms with Gasteiger partial charge in [0, 0.05) is 24.4 Å². The van der Waals surface area contributed by atoms with Gasteiger partial charge in [-0.15, -0.1) is 23.4 Å². The summed E-state index contributed by atoms with van der Waals surface area (Å²) in [6, 6.07) is 6.85. The van der Waals surface area contributed by atoms with Crippen LogP contribution in [0.5, 0.6) is 0 Å². The number of nitrogens with zero attached hydrogens (tertiary/aromatic N) is 5. The van der Waals surface area contributed by atoms with Crippen molar-refractivity contribution in [2.75, 3.05) is 26.3 Å². The smallest absolute Gasteiger partial charge is 0.311 e. The van der Waals surface area contributed by atoms with Gasteiger partial charge in [-0.1, -0.05) is 48.9 Å². The zero-order valence-corrected chi connectivity index (χ0v) is 24.4. The van der Waals surface area contributed by atoms with Gasteiger partial charge >= 0.3 is 5.97 Å². The third kappa shape index (κ3) is 5.07. The van der Waals surface area contributed by atoms with E-state index in [0.29, 0.717) is 25.8 Å². The van der Waals surface area contributed by atoms with Gasteiger partial charge in [-0.25, -0.2) is 4.68 Å². The highest BCUT2D eigenvalue weighted by Crippen LogP contribution is 2.71. The molecule has 5 rings (SSSR count). The molecule has 2 bridgehead atoms. The highest BCUT2D eigenvalue weighted by molar-refractivity contribution is 8.02. The zero-order chi connectivity index (χ0) is 29.2. The Balaban J connectivity index is 1.49. The lowest BCUT2D eigenvalue weighted by molar-refractivity contribution is -0.154. The van der Waals surface area contributed by atoms with Crippen LogP contribution in [0, 0.1) is 11.8 Å². The summed E-state index contributed by atoms with van der Waals surface area (Å²) < 4.78 is 5.98. The summed E-state index contributed by atoms with van der Waals surface area (Å²) in [6.45, 7) is 10.6. The van der Waals surface area contributed by atoms with Gasteiger partial charge in [-0.2, -0.15) is 0 Å². The fourth-order valence-corrected chi connectivity index (χ4v) is 9.35. The Hall–Kier alpha value is -3.18. The number of likely N-dealkylation sites (tertiary alicyclic amines) is 1. The molecule has 2 amide bonds. The molecule has 5 atom stereocenters. The largest absolute Gasteiger partial charge is 0.461 e. The number of ether oxygens (including phenoxy) is 1. The average Bonchev–Trinajstić information content (AvgIpc) is 3.67. The summed E-state index contributed by atoms with van der Waals surface area (Å²) in [4.78, 5) is 45.6. The maximum atomic E-state index is 14.6. The van der Waals surface area contributed by atoms with E-state index in [9.17, 15) is 19.5 Å². The van der Waals surface area contributed by atoms with E-state index in [-0.39, 0.29) is 38.2 Å². The van der Waals surface area contributed by atoms with Gasteiger partial charge in [0.2, 0.25) is 11.8 Å². The summed E-state index contributed by atoms with van der Waals surface area (Å²) in [5.74, 6) is -1.98. The Morgan fingerprint density at radius 3 is 2.73 bits per heavy atom. The van der Waals surface area contributed by atoms with Crippen molar-refractivity contribution in [2.45, 2.75) is 67.7 Å². The van der Waals surface area contributed by atoms with Crippen LogP contribution >= 0.6 is 11.8 Å². The molecule has 41 heavy (non-hydrogen) atoms. The Kier molecular flexibility index (Phi) is 8.56. The lowest BCUT2D eigenvalue weighted by Gasteiger charge is -2.37. The first kappa shape index (κ1) is 29.3. The lowest BCUT2D eigenvalue weighted by Crippen LogP contribution is -2.55. The number of benzene rings is 1. The van der Waals surface area contributed by atoms with Crippen molar-refractivity contribution in [3.8, 4) is 0 Å². The molecule has 220 valence electrons. The number of thioether (sulfide) groups is 1. The first-order valence-corrected chi connectivity index (χ1v) is 15.2. The molecule has 11 heteroatoms. The normalized spacial score (nSPS) is 28.2. The Morgan fingerprint density at radius 1 is 1.20 bits per heavy atom. The highest BCUT2D eigenvalue weighted by Gasteiger charge is 2.77. The number of rotatable bonds is 14. The second-order valence-corrected chi connectivity index (χ2v) is 13.3. The number of amides is 2. The fourth-order valence-electron chi connectivity index (χ4n) is 7.01. The molecule has 3 saturated heterocycles. The Labute approximate surface area is 244 Å². The van der Waals surface area contributed by atoms with Crippen molar-refractivity contribution in [3.63, 3.8) is 0 Å². The van der Waals surface area contributed by atoms with Crippen molar-refractivity contribution in [2.24, 2.45) is 11.8 Å². The minimum Gasteiger partial charge on any atom is -0.461 e. The van der Waals surface area contributed by atoms with E-state index in [1.54, 1.807) is 32.3 Å². The minimum absolute atomic E-state index is 0.0832. The van der Waals surface area contributed by atoms with E-state index in [1.165, 1.54) is 6.08 Å². The predicted octanol–water partition coefficient (Wildman–Crippen LogP) is 3.17. The standard InChI is InChI=1S/C30H39N5O5S/c1-4-16-33(20-35-22-13-9-8-12-21(22)31-32-35)27(38)25-30-15-14-29(3,41-30)24(28(39)40-19-5-2)23(30)26(37)34(25)17-10-6-7-11-18-36/h4-5,8-9,12-13,23-25,36H,1-2,6-7,10-11,14-20H2,3H3/t23-,24-,25?,29+,30?/m0/s1. The number of aliphatic hydroxyl groups excluding tert-OH is 1. The molecular formula is C30H39N5O5S. The monoisotopic (exact) mass is 581 g/mol. The van der Waals surface area contributed by atoms with Gasteiger partial charge in [0.15, 0.2) is 0 Å². The molecule has 3 aliphatic heterocycles. The topological polar surface area (TPSA) is 118 Å². The third-order valence-corrected chi connectivity index (χ3v) is 10.8. The van der Waals surface area contributed by atoms with Crippen LogP contribution in [-0.4, -0.2) is 89.5 Å². The van der Waals surface area contributed by atoms with Crippen LogP contribution in [0.1, 0.15) is 45.4 Å². The Bertz CT molecular complexity index is 1330. The van der Waals surface area contributed by atoms with Crippen molar-refractivity contribution >= 4 is 40.6 Å². The van der Waals surface area contributed by atoms with Gasteiger partial charge in [0.1, 0.15) is 24.8 Å². The minimum atomic E-state index is -0.726. The van der Waals surface area contributed by atoms with E-state index in [1.807, 2.05) is 31.2 Å². The molecule has 1 aromatic heterocycles. The van der Waals surface area contributed by atoms with Crippen LogP contribution in [0.25, 0.3) is 11.0 Å². The van der Waals surface area contributed by atoms with Crippen LogP contribution in [0.4, 0.5) is 0 Å². The first-order valence-electron chi connectivity index (χ1n) is 14.4. The van der Waals surface area contributed by atoms with Gasteiger partial charge in [-0.05, 0) is 44.7 Å². The van der Waals surface area contributed by atoms with E-state index in [2.05, 4.69) is 23.5 Å². The summed E-state index contributed by atoms with van der Waals surface area (Å²) in [7, 11) is 0. The fraction of sp³-hybridized carbons (Fsp3) is 0.567. The van der Waals surface area contributed by atoms with Gasteiger partial charge < -0.3 is 19.6 Å². The highest BCUT2D eigenvalue weighted by atomic mass is 32.2. The number of aliphatic hydroxyl groups is 1. The first-order chi connectivity index (χ1) is 19.8. The Morgan fingerprint density at radius 2 is 1.98 bits per heavy atom. The van der Waals surface area contributed by atoms with Gasteiger partial charge in [-0.3, -0.25) is 14.4 Å². The SMILES string of the molecule is C=CCOC(=O)[C@@H]1[C@H]2C(=O)N(CCCCCCO)C(C(=O)N(CC=C)Cn3nnc4ccccc43)C23CC[C@@]1(C)S3. The van der Waals surface area contributed by atoms with Crippen LogP contribution in [0.3, 0.4) is 0 Å². The lowest BCUT2D eigenvalue weighted by atomic mass is 9.66. The maximum Gasteiger partial charge on any atom is 0.311 e. The summed E-state index contributed by atoms with van der Waals surface area (Å²) >= 11 is 1.63. The molecule has 3 aliphatic rings. The van der Waals surface area contributed by atoms with E-state index in [4.69, 9.17) is 4.74 Å². The predicted molar refractivity (Wildman–Crippen MR) is 157 cm³/mol. The number of carbonyl (C=O) groups is 3. The average molecular weight is 582 g/mol. The molecule has 1 aromatic carbocycles. The van der Waals surface area contributed by atoms with Crippen molar-refractivity contribution in [1.29, 1.82) is 0 Å². The molecule has 0 aliphatic carbocycles. The van der Waals surface area contributed by atoms with Crippen LogP contribution < -0.4 is 0 Å². The molecule has 4 heterocycles. The van der Waals surface area contributed by atoms with Crippen molar-refractivity contribution < 1.29 is 24.2 Å². The second kappa shape index (κ2) is 12.0. The number of aromatic nitrogens is 3. The number of unbranched alkanes of at least 4 members (excludes halogenated alkanes) is 3. The molecule has 0 radical (unpaired) electrons. The summed E-state index contributed by atoms with van der Waals surface area (Å²) in [5.41, 5.74) is 1.54.